The minimum absolute atomic E-state index is 0.118. The molecule has 1 aromatic carbocycles. The van der Waals surface area contributed by atoms with E-state index in [1.54, 1.807) is 38.1 Å². The summed E-state index contributed by atoms with van der Waals surface area (Å²) in [5.41, 5.74) is -0.325. The second-order valence-corrected chi connectivity index (χ2v) is 4.19. The second-order valence-electron chi connectivity index (χ2n) is 4.19. The Morgan fingerprint density at radius 1 is 1.00 bits per heavy atom. The quantitative estimate of drug-likeness (QED) is 0.624. The molecule has 0 spiro atoms. The molecule has 98 valence electrons. The van der Waals surface area contributed by atoms with Gasteiger partial charge in [-0.25, -0.2) is 4.79 Å². The van der Waals surface area contributed by atoms with Gasteiger partial charge in [-0.05, 0) is 6.07 Å². The highest BCUT2D eigenvalue weighted by molar-refractivity contribution is 6.15. The average molecular weight is 258 g/mol. The van der Waals surface area contributed by atoms with Crippen molar-refractivity contribution < 1.29 is 14.0 Å². The predicted molar refractivity (Wildman–Crippen MR) is 71.7 cm³/mol. The molecule has 19 heavy (non-hydrogen) atoms. The van der Waals surface area contributed by atoms with Gasteiger partial charge in [-0.3, -0.25) is 9.59 Å². The molecule has 0 aliphatic rings. The molecule has 0 saturated carbocycles. The van der Waals surface area contributed by atoms with E-state index in [4.69, 9.17) is 4.42 Å². The number of benzene rings is 1. The average Bonchev–Trinajstić information content (AvgIpc) is 2.44. The van der Waals surface area contributed by atoms with Crippen LogP contribution in [-0.4, -0.2) is 11.6 Å². The number of hydrogen-bond donors (Lipinski definition) is 0. The minimum atomic E-state index is -0.734. The number of carbonyl (C=O) groups is 2. The molecule has 1 aromatic heterocycles. The van der Waals surface area contributed by atoms with E-state index >= 15 is 0 Å². The molecule has 0 N–H and O–H groups in total. The van der Waals surface area contributed by atoms with Crippen molar-refractivity contribution in [2.45, 2.75) is 26.7 Å². The van der Waals surface area contributed by atoms with E-state index in [-0.39, 0.29) is 35.5 Å². The van der Waals surface area contributed by atoms with Crippen LogP contribution in [0.4, 0.5) is 0 Å². The lowest BCUT2D eigenvalue weighted by molar-refractivity contribution is 0.0953. The van der Waals surface area contributed by atoms with Crippen molar-refractivity contribution in [2.24, 2.45) is 0 Å². The zero-order valence-electron chi connectivity index (χ0n) is 10.9. The summed E-state index contributed by atoms with van der Waals surface area (Å²) in [5, 5.41) is 0.519. The second kappa shape index (κ2) is 5.18. The van der Waals surface area contributed by atoms with Crippen LogP contribution < -0.4 is 5.63 Å². The summed E-state index contributed by atoms with van der Waals surface area (Å²) in [4.78, 5) is 35.9. The maximum absolute atomic E-state index is 12.1. The zero-order chi connectivity index (χ0) is 14.0. The van der Waals surface area contributed by atoms with Crippen molar-refractivity contribution in [3.8, 4) is 0 Å². The smallest absolute Gasteiger partial charge is 0.347 e. The van der Waals surface area contributed by atoms with Crippen LogP contribution in [0, 0.1) is 0 Å². The van der Waals surface area contributed by atoms with Gasteiger partial charge in [0.05, 0.1) is 0 Å². The Morgan fingerprint density at radius 3 is 2.21 bits per heavy atom. The molecular formula is C15H14O4. The van der Waals surface area contributed by atoms with Crippen LogP contribution in [0.3, 0.4) is 0 Å². The van der Waals surface area contributed by atoms with E-state index in [0.29, 0.717) is 11.0 Å². The Labute approximate surface area is 110 Å². The van der Waals surface area contributed by atoms with Crippen LogP contribution in [0.15, 0.2) is 33.5 Å². The van der Waals surface area contributed by atoms with Crippen LogP contribution >= 0.6 is 0 Å². The first-order valence-corrected chi connectivity index (χ1v) is 6.22. The summed E-state index contributed by atoms with van der Waals surface area (Å²) < 4.78 is 5.12. The van der Waals surface area contributed by atoms with Crippen molar-refractivity contribution in [2.75, 3.05) is 0 Å². The molecule has 2 aromatic rings. The number of fused-ring (bicyclic) bond motifs is 1. The van der Waals surface area contributed by atoms with Gasteiger partial charge in [0.25, 0.3) is 0 Å². The molecule has 0 fully saturated rings. The highest BCUT2D eigenvalue weighted by atomic mass is 16.4. The van der Waals surface area contributed by atoms with Crippen LogP contribution in [0.2, 0.25) is 0 Å². The van der Waals surface area contributed by atoms with Gasteiger partial charge in [0, 0.05) is 23.8 Å². The SMILES string of the molecule is CCC(=O)c1c(C(=O)CC)c2ccccc2oc1=O. The van der Waals surface area contributed by atoms with Gasteiger partial charge >= 0.3 is 5.63 Å². The lowest BCUT2D eigenvalue weighted by atomic mass is 9.96. The number of rotatable bonds is 4. The maximum atomic E-state index is 12.1. The molecule has 0 aliphatic carbocycles. The van der Waals surface area contributed by atoms with Crippen LogP contribution in [0.1, 0.15) is 47.4 Å². The molecule has 0 atom stereocenters. The highest BCUT2D eigenvalue weighted by Crippen LogP contribution is 2.22. The predicted octanol–water partition coefficient (Wildman–Crippen LogP) is 2.98. The highest BCUT2D eigenvalue weighted by Gasteiger charge is 2.23. The van der Waals surface area contributed by atoms with Gasteiger partial charge in [-0.1, -0.05) is 32.0 Å². The summed E-state index contributed by atoms with van der Waals surface area (Å²) >= 11 is 0. The van der Waals surface area contributed by atoms with Crippen LogP contribution in [-0.2, 0) is 0 Å². The number of para-hydroxylation sites is 1. The fourth-order valence-corrected chi connectivity index (χ4v) is 2.05. The van der Waals surface area contributed by atoms with E-state index in [9.17, 15) is 14.4 Å². The van der Waals surface area contributed by atoms with Gasteiger partial charge in [-0.2, -0.15) is 0 Å². The first-order chi connectivity index (χ1) is 9.10. The third-order valence-corrected chi connectivity index (χ3v) is 3.01. The summed E-state index contributed by atoms with van der Waals surface area (Å²) in [6.45, 7) is 3.35. The summed E-state index contributed by atoms with van der Waals surface area (Å²) in [7, 11) is 0. The standard InChI is InChI=1S/C15H14O4/c1-3-10(16)13-9-7-5-6-8-12(9)19-15(18)14(13)11(17)4-2/h5-8H,3-4H2,1-2H3. The zero-order valence-corrected chi connectivity index (χ0v) is 10.9. The van der Waals surface area contributed by atoms with Crippen molar-refractivity contribution >= 4 is 22.5 Å². The van der Waals surface area contributed by atoms with E-state index in [1.807, 2.05) is 0 Å². The van der Waals surface area contributed by atoms with Crippen molar-refractivity contribution in [3.63, 3.8) is 0 Å². The molecule has 4 heteroatoms. The molecule has 0 aliphatic heterocycles. The van der Waals surface area contributed by atoms with E-state index in [1.165, 1.54) is 0 Å². The molecule has 0 saturated heterocycles. The van der Waals surface area contributed by atoms with Gasteiger partial charge in [0.15, 0.2) is 11.6 Å². The first kappa shape index (κ1) is 13.2. The molecule has 1 heterocycles. The Hall–Kier alpha value is -2.23. The summed E-state index contributed by atoms with van der Waals surface area (Å²) in [6, 6.07) is 6.76. The maximum Gasteiger partial charge on any atom is 0.347 e. The van der Waals surface area contributed by atoms with E-state index in [0.717, 1.165) is 0 Å². The normalized spacial score (nSPS) is 10.6. The monoisotopic (exact) mass is 258 g/mol. The molecule has 0 bridgehead atoms. The number of ketones is 2. The minimum Gasteiger partial charge on any atom is -0.422 e. The molecular weight excluding hydrogens is 244 g/mol. The Morgan fingerprint density at radius 2 is 1.58 bits per heavy atom. The third-order valence-electron chi connectivity index (χ3n) is 3.01. The summed E-state index contributed by atoms with van der Waals surface area (Å²) in [6.07, 6.45) is 0.393. The Balaban J connectivity index is 2.94. The largest absolute Gasteiger partial charge is 0.422 e. The van der Waals surface area contributed by atoms with E-state index < -0.39 is 5.63 Å². The topological polar surface area (TPSA) is 64.3 Å². The number of carbonyl (C=O) groups excluding carboxylic acids is 2. The molecule has 0 amide bonds. The molecule has 0 unspecified atom stereocenters. The van der Waals surface area contributed by atoms with E-state index in [2.05, 4.69) is 0 Å². The summed E-state index contributed by atoms with van der Waals surface area (Å²) in [5.74, 6) is -0.586. The third kappa shape index (κ3) is 2.21. The molecule has 2 rings (SSSR count). The van der Waals surface area contributed by atoms with Gasteiger partial charge in [0.2, 0.25) is 0 Å². The fraction of sp³-hybridized carbons (Fsp3) is 0.267. The first-order valence-electron chi connectivity index (χ1n) is 6.22. The number of Topliss-reactive ketones (excluding diaryl/α,β-unsaturated/α-hetero) is 2. The van der Waals surface area contributed by atoms with Crippen LogP contribution in [0.5, 0.6) is 0 Å². The van der Waals surface area contributed by atoms with Crippen molar-refractivity contribution in [1.82, 2.24) is 0 Å². The van der Waals surface area contributed by atoms with Crippen molar-refractivity contribution in [3.05, 3.63) is 45.8 Å². The number of hydrogen-bond acceptors (Lipinski definition) is 4. The van der Waals surface area contributed by atoms with Crippen LogP contribution in [0.25, 0.3) is 11.0 Å². The fourth-order valence-electron chi connectivity index (χ4n) is 2.05. The van der Waals surface area contributed by atoms with Crippen molar-refractivity contribution in [1.29, 1.82) is 0 Å². The Bertz CT molecular complexity index is 710. The molecule has 0 radical (unpaired) electrons. The van der Waals surface area contributed by atoms with Gasteiger partial charge in [0.1, 0.15) is 11.1 Å². The molecule has 4 nitrogen and oxygen atoms in total. The Kier molecular flexibility index (Phi) is 3.60. The van der Waals surface area contributed by atoms with Gasteiger partial charge in [-0.15, -0.1) is 0 Å². The lowest BCUT2D eigenvalue weighted by Gasteiger charge is -2.08. The van der Waals surface area contributed by atoms with Gasteiger partial charge < -0.3 is 4.42 Å². The lowest BCUT2D eigenvalue weighted by Crippen LogP contribution is -2.20.